The van der Waals surface area contributed by atoms with Crippen molar-refractivity contribution >= 4 is 11.9 Å². The van der Waals surface area contributed by atoms with Gasteiger partial charge in [-0.25, -0.2) is 4.98 Å². The van der Waals surface area contributed by atoms with E-state index in [0.717, 1.165) is 0 Å². The number of rotatable bonds is 3. The second kappa shape index (κ2) is 6.45. The molecule has 1 aliphatic heterocycles. The molecule has 0 aromatic carbocycles. The smallest absolute Gasteiger partial charge is 0.310 e. The maximum atomic E-state index is 13.5. The van der Waals surface area contributed by atoms with Crippen molar-refractivity contribution in [2.24, 2.45) is 5.92 Å². The molecule has 0 aliphatic carbocycles. The van der Waals surface area contributed by atoms with E-state index in [1.807, 2.05) is 0 Å². The van der Waals surface area contributed by atoms with Gasteiger partial charge in [0.05, 0.1) is 18.1 Å². The SMILES string of the molecule is CCOC(=O)C1CCCN(C(=O)c2cccnc2F)C1. The largest absolute Gasteiger partial charge is 0.466 e. The summed E-state index contributed by atoms with van der Waals surface area (Å²) in [6.45, 7) is 2.85. The molecule has 0 N–H and O–H groups in total. The second-order valence-corrected chi connectivity index (χ2v) is 4.68. The van der Waals surface area contributed by atoms with Crippen molar-refractivity contribution < 1.29 is 18.7 Å². The van der Waals surface area contributed by atoms with Crippen LogP contribution in [0.25, 0.3) is 0 Å². The van der Waals surface area contributed by atoms with Gasteiger partial charge in [0.25, 0.3) is 5.91 Å². The highest BCUT2D eigenvalue weighted by Gasteiger charge is 2.30. The summed E-state index contributed by atoms with van der Waals surface area (Å²) in [5.74, 6) is -1.83. The monoisotopic (exact) mass is 280 g/mol. The lowest BCUT2D eigenvalue weighted by Crippen LogP contribution is -2.43. The molecule has 2 heterocycles. The number of hydrogen-bond donors (Lipinski definition) is 0. The highest BCUT2D eigenvalue weighted by Crippen LogP contribution is 2.20. The number of esters is 1. The number of pyridine rings is 1. The molecule has 20 heavy (non-hydrogen) atoms. The van der Waals surface area contributed by atoms with E-state index >= 15 is 0 Å². The second-order valence-electron chi connectivity index (χ2n) is 4.68. The molecule has 108 valence electrons. The van der Waals surface area contributed by atoms with Crippen LogP contribution in [0.3, 0.4) is 0 Å². The van der Waals surface area contributed by atoms with Crippen molar-refractivity contribution in [3.63, 3.8) is 0 Å². The Morgan fingerprint density at radius 1 is 1.55 bits per heavy atom. The van der Waals surface area contributed by atoms with Crippen LogP contribution in [0.5, 0.6) is 0 Å². The van der Waals surface area contributed by atoms with E-state index in [9.17, 15) is 14.0 Å². The molecule has 1 saturated heterocycles. The Kier molecular flexibility index (Phi) is 4.65. The third-order valence-electron chi connectivity index (χ3n) is 3.32. The Morgan fingerprint density at radius 3 is 3.05 bits per heavy atom. The average Bonchev–Trinajstić information content (AvgIpc) is 2.47. The van der Waals surface area contributed by atoms with Crippen molar-refractivity contribution in [2.45, 2.75) is 19.8 Å². The first-order valence-corrected chi connectivity index (χ1v) is 6.70. The predicted octanol–water partition coefficient (Wildman–Crippen LogP) is 1.64. The van der Waals surface area contributed by atoms with Gasteiger partial charge >= 0.3 is 5.97 Å². The fourth-order valence-electron chi connectivity index (χ4n) is 2.33. The van der Waals surface area contributed by atoms with E-state index in [1.54, 1.807) is 6.92 Å². The maximum Gasteiger partial charge on any atom is 0.310 e. The summed E-state index contributed by atoms with van der Waals surface area (Å²) < 4.78 is 18.5. The number of nitrogens with zero attached hydrogens (tertiary/aromatic N) is 2. The molecule has 6 heteroatoms. The van der Waals surface area contributed by atoms with Crippen LogP contribution in [0.2, 0.25) is 0 Å². The molecule has 1 aromatic rings. The number of hydrogen-bond acceptors (Lipinski definition) is 4. The van der Waals surface area contributed by atoms with Gasteiger partial charge in [0, 0.05) is 19.3 Å². The minimum absolute atomic E-state index is 0.0583. The van der Waals surface area contributed by atoms with Crippen molar-refractivity contribution in [3.05, 3.63) is 29.8 Å². The Bertz CT molecular complexity index is 507. The number of piperidine rings is 1. The molecule has 2 rings (SSSR count). The van der Waals surface area contributed by atoms with Gasteiger partial charge in [-0.1, -0.05) is 0 Å². The Hall–Kier alpha value is -1.98. The molecule has 0 spiro atoms. The van der Waals surface area contributed by atoms with E-state index in [-0.39, 0.29) is 24.0 Å². The summed E-state index contributed by atoms with van der Waals surface area (Å²) in [7, 11) is 0. The number of aromatic nitrogens is 1. The Labute approximate surface area is 116 Å². The molecule has 1 atom stereocenters. The highest BCUT2D eigenvalue weighted by atomic mass is 19.1. The van der Waals surface area contributed by atoms with Gasteiger partial charge in [-0.3, -0.25) is 9.59 Å². The maximum absolute atomic E-state index is 13.5. The van der Waals surface area contributed by atoms with Gasteiger partial charge < -0.3 is 9.64 Å². The lowest BCUT2D eigenvalue weighted by molar-refractivity contribution is -0.149. The van der Waals surface area contributed by atoms with Gasteiger partial charge in [0.1, 0.15) is 0 Å². The molecular formula is C14H17FN2O3. The quantitative estimate of drug-likeness (QED) is 0.624. The summed E-state index contributed by atoms with van der Waals surface area (Å²) in [6, 6.07) is 2.92. The Balaban J connectivity index is 2.07. The van der Waals surface area contributed by atoms with Crippen LogP contribution >= 0.6 is 0 Å². The summed E-state index contributed by atoms with van der Waals surface area (Å²) in [6.07, 6.45) is 2.69. The normalized spacial score (nSPS) is 18.7. The van der Waals surface area contributed by atoms with Gasteiger partial charge in [-0.2, -0.15) is 4.39 Å². The van der Waals surface area contributed by atoms with Crippen molar-refractivity contribution in [2.75, 3.05) is 19.7 Å². The minimum Gasteiger partial charge on any atom is -0.466 e. The van der Waals surface area contributed by atoms with Crippen LogP contribution in [0.4, 0.5) is 4.39 Å². The van der Waals surface area contributed by atoms with E-state index in [0.29, 0.717) is 26.0 Å². The summed E-state index contributed by atoms with van der Waals surface area (Å²) in [4.78, 5) is 28.9. The molecule has 1 fully saturated rings. The summed E-state index contributed by atoms with van der Waals surface area (Å²) in [5.41, 5.74) is -0.0583. The number of amides is 1. The Morgan fingerprint density at radius 2 is 2.35 bits per heavy atom. The number of halogens is 1. The lowest BCUT2D eigenvalue weighted by Gasteiger charge is -2.31. The third-order valence-corrected chi connectivity index (χ3v) is 3.32. The van der Waals surface area contributed by atoms with E-state index in [4.69, 9.17) is 4.74 Å². The molecule has 1 aliphatic rings. The molecule has 1 unspecified atom stereocenters. The van der Waals surface area contributed by atoms with Crippen LogP contribution in [-0.2, 0) is 9.53 Å². The average molecular weight is 280 g/mol. The number of carbonyl (C=O) groups excluding carboxylic acids is 2. The first-order chi connectivity index (χ1) is 9.63. The van der Waals surface area contributed by atoms with E-state index in [2.05, 4.69) is 4.98 Å². The van der Waals surface area contributed by atoms with Crippen LogP contribution in [-0.4, -0.2) is 41.5 Å². The minimum atomic E-state index is -0.782. The molecule has 1 aromatic heterocycles. The van der Waals surface area contributed by atoms with Crippen molar-refractivity contribution in [3.8, 4) is 0 Å². The molecule has 0 saturated carbocycles. The van der Waals surface area contributed by atoms with E-state index in [1.165, 1.54) is 23.2 Å². The molecule has 0 radical (unpaired) electrons. The predicted molar refractivity (Wildman–Crippen MR) is 69.5 cm³/mol. The van der Waals surface area contributed by atoms with Gasteiger partial charge in [-0.05, 0) is 31.9 Å². The fourth-order valence-corrected chi connectivity index (χ4v) is 2.33. The van der Waals surface area contributed by atoms with Gasteiger partial charge in [0.15, 0.2) is 0 Å². The molecular weight excluding hydrogens is 263 g/mol. The van der Waals surface area contributed by atoms with Crippen LogP contribution in [0, 0.1) is 11.9 Å². The van der Waals surface area contributed by atoms with Crippen molar-refractivity contribution in [1.82, 2.24) is 9.88 Å². The fraction of sp³-hybridized carbons (Fsp3) is 0.500. The summed E-state index contributed by atoms with van der Waals surface area (Å²) in [5, 5.41) is 0. The number of carbonyl (C=O) groups is 2. The first-order valence-electron chi connectivity index (χ1n) is 6.70. The molecule has 1 amide bonds. The topological polar surface area (TPSA) is 59.5 Å². The highest BCUT2D eigenvalue weighted by molar-refractivity contribution is 5.94. The van der Waals surface area contributed by atoms with E-state index < -0.39 is 11.9 Å². The number of ether oxygens (including phenoxy) is 1. The zero-order chi connectivity index (χ0) is 14.5. The first kappa shape index (κ1) is 14.4. The molecule has 5 nitrogen and oxygen atoms in total. The molecule has 0 bridgehead atoms. The third kappa shape index (κ3) is 3.12. The number of likely N-dealkylation sites (tertiary alicyclic amines) is 1. The van der Waals surface area contributed by atoms with Crippen molar-refractivity contribution in [1.29, 1.82) is 0 Å². The van der Waals surface area contributed by atoms with Gasteiger partial charge in [0.2, 0.25) is 5.95 Å². The van der Waals surface area contributed by atoms with Crippen LogP contribution in [0.15, 0.2) is 18.3 Å². The lowest BCUT2D eigenvalue weighted by atomic mass is 9.97. The zero-order valence-electron chi connectivity index (χ0n) is 11.3. The standard InChI is InChI=1S/C14H17FN2O3/c1-2-20-14(19)10-5-4-8-17(9-10)13(18)11-6-3-7-16-12(11)15/h3,6-7,10H,2,4-5,8-9H2,1H3. The van der Waals surface area contributed by atoms with Gasteiger partial charge in [-0.15, -0.1) is 0 Å². The summed E-state index contributed by atoms with van der Waals surface area (Å²) >= 11 is 0. The van der Waals surface area contributed by atoms with Crippen LogP contribution < -0.4 is 0 Å². The zero-order valence-corrected chi connectivity index (χ0v) is 11.3. The van der Waals surface area contributed by atoms with Crippen LogP contribution in [0.1, 0.15) is 30.1 Å².